The van der Waals surface area contributed by atoms with Gasteiger partial charge in [-0.1, -0.05) is 24.3 Å². The second-order valence-electron chi connectivity index (χ2n) is 4.73. The van der Waals surface area contributed by atoms with E-state index in [-0.39, 0.29) is 12.0 Å². The molecule has 1 N–H and O–H groups in total. The molecule has 100 valence electrons. The van der Waals surface area contributed by atoms with E-state index in [9.17, 15) is 9.90 Å². The van der Waals surface area contributed by atoms with E-state index in [2.05, 4.69) is 16.9 Å². The summed E-state index contributed by atoms with van der Waals surface area (Å²) >= 11 is 0. The van der Waals surface area contributed by atoms with Crippen LogP contribution in [0.5, 0.6) is 0 Å². The summed E-state index contributed by atoms with van der Waals surface area (Å²) in [5.74, 6) is 0. The summed E-state index contributed by atoms with van der Waals surface area (Å²) in [4.78, 5) is 10.6. The summed E-state index contributed by atoms with van der Waals surface area (Å²) < 4.78 is 4.54. The van der Waals surface area contributed by atoms with E-state index < -0.39 is 0 Å². The van der Waals surface area contributed by atoms with Crippen LogP contribution in [0.25, 0.3) is 0 Å². The third-order valence-electron chi connectivity index (χ3n) is 3.39. The van der Waals surface area contributed by atoms with Crippen LogP contribution >= 0.6 is 0 Å². The Labute approximate surface area is 109 Å². The van der Waals surface area contributed by atoms with Crippen molar-refractivity contribution >= 4 is 6.29 Å². The number of aldehydes is 1. The van der Waals surface area contributed by atoms with Crippen LogP contribution in [-0.2, 0) is 22.4 Å². The number of carbonyl (C=O) groups is 1. The van der Waals surface area contributed by atoms with Gasteiger partial charge in [0.2, 0.25) is 0 Å². The van der Waals surface area contributed by atoms with Crippen molar-refractivity contribution in [3.8, 4) is 0 Å². The molecule has 0 amide bonds. The SMILES string of the molecule is CCOC.O=CCC1(CO)Cc2ccccc2C1. The molecule has 0 heterocycles. The van der Waals surface area contributed by atoms with Crippen LogP contribution in [-0.4, -0.2) is 31.7 Å². The van der Waals surface area contributed by atoms with Gasteiger partial charge >= 0.3 is 0 Å². The van der Waals surface area contributed by atoms with Gasteiger partial charge in [0.1, 0.15) is 6.29 Å². The average molecular weight is 250 g/mol. The van der Waals surface area contributed by atoms with Crippen molar-refractivity contribution in [3.63, 3.8) is 0 Å². The van der Waals surface area contributed by atoms with Crippen LogP contribution in [0.2, 0.25) is 0 Å². The Hall–Kier alpha value is -1.19. The highest BCUT2D eigenvalue weighted by Crippen LogP contribution is 2.38. The third-order valence-corrected chi connectivity index (χ3v) is 3.39. The fourth-order valence-corrected chi connectivity index (χ4v) is 2.27. The summed E-state index contributed by atoms with van der Waals surface area (Å²) in [6.45, 7) is 2.88. The van der Waals surface area contributed by atoms with E-state index in [4.69, 9.17) is 0 Å². The predicted octanol–water partition coefficient (Wildman–Crippen LogP) is 2.01. The Morgan fingerprint density at radius 3 is 2.17 bits per heavy atom. The van der Waals surface area contributed by atoms with Gasteiger partial charge < -0.3 is 14.6 Å². The van der Waals surface area contributed by atoms with E-state index in [0.29, 0.717) is 6.42 Å². The molecule has 0 atom stereocenters. The number of methoxy groups -OCH3 is 1. The number of carbonyl (C=O) groups excluding carboxylic acids is 1. The van der Waals surface area contributed by atoms with Crippen molar-refractivity contribution in [3.05, 3.63) is 35.4 Å². The van der Waals surface area contributed by atoms with Gasteiger partial charge in [0.05, 0.1) is 0 Å². The Morgan fingerprint density at radius 1 is 1.33 bits per heavy atom. The molecule has 0 spiro atoms. The summed E-state index contributed by atoms with van der Waals surface area (Å²) in [6.07, 6.45) is 3.04. The maximum atomic E-state index is 10.6. The lowest BCUT2D eigenvalue weighted by Crippen LogP contribution is -2.26. The van der Waals surface area contributed by atoms with Gasteiger partial charge in [-0.15, -0.1) is 0 Å². The number of hydrogen-bond acceptors (Lipinski definition) is 3. The first-order chi connectivity index (χ1) is 8.71. The maximum Gasteiger partial charge on any atom is 0.120 e. The Kier molecular flexibility index (Phi) is 6.02. The molecule has 0 aromatic heterocycles. The minimum atomic E-state index is -0.217. The van der Waals surface area contributed by atoms with E-state index in [1.165, 1.54) is 11.1 Å². The quantitative estimate of drug-likeness (QED) is 0.831. The first kappa shape index (κ1) is 14.9. The van der Waals surface area contributed by atoms with Gasteiger partial charge in [0, 0.05) is 32.2 Å². The molecule has 2 rings (SSSR count). The van der Waals surface area contributed by atoms with E-state index in [1.807, 2.05) is 19.1 Å². The van der Waals surface area contributed by atoms with Crippen LogP contribution in [0, 0.1) is 5.41 Å². The van der Waals surface area contributed by atoms with Crippen molar-refractivity contribution in [1.82, 2.24) is 0 Å². The summed E-state index contributed by atoms with van der Waals surface area (Å²) in [5, 5.41) is 9.36. The van der Waals surface area contributed by atoms with Crippen molar-refractivity contribution in [1.29, 1.82) is 0 Å². The standard InChI is InChI=1S/C12H14O2.C3H8O/c13-6-5-12(9-14)7-10-3-1-2-4-11(10)8-12;1-3-4-2/h1-4,6,14H,5,7-9H2;3H2,1-2H3. The smallest absolute Gasteiger partial charge is 0.120 e. The third kappa shape index (κ3) is 3.65. The zero-order chi connectivity index (χ0) is 13.4. The van der Waals surface area contributed by atoms with Gasteiger partial charge in [0.25, 0.3) is 0 Å². The largest absolute Gasteiger partial charge is 0.396 e. The molecule has 0 fully saturated rings. The predicted molar refractivity (Wildman–Crippen MR) is 71.6 cm³/mol. The highest BCUT2D eigenvalue weighted by molar-refractivity contribution is 5.52. The molecular weight excluding hydrogens is 228 g/mol. The molecule has 3 nitrogen and oxygen atoms in total. The number of benzene rings is 1. The molecule has 1 aromatic rings. The zero-order valence-electron chi connectivity index (χ0n) is 11.2. The first-order valence-electron chi connectivity index (χ1n) is 6.31. The van der Waals surface area contributed by atoms with E-state index in [1.54, 1.807) is 7.11 Å². The van der Waals surface area contributed by atoms with Crippen molar-refractivity contribution in [2.24, 2.45) is 5.41 Å². The molecule has 3 heteroatoms. The van der Waals surface area contributed by atoms with Crippen LogP contribution in [0.15, 0.2) is 24.3 Å². The molecule has 0 bridgehead atoms. The molecule has 0 unspecified atom stereocenters. The lowest BCUT2D eigenvalue weighted by atomic mass is 9.83. The fourth-order valence-electron chi connectivity index (χ4n) is 2.27. The van der Waals surface area contributed by atoms with E-state index >= 15 is 0 Å². The fraction of sp³-hybridized carbons (Fsp3) is 0.533. The van der Waals surface area contributed by atoms with Gasteiger partial charge in [-0.05, 0) is 30.9 Å². The number of rotatable bonds is 4. The Balaban J connectivity index is 0.000000357. The number of aliphatic hydroxyl groups excluding tert-OH is 1. The highest BCUT2D eigenvalue weighted by atomic mass is 16.5. The second-order valence-corrected chi connectivity index (χ2v) is 4.73. The number of ether oxygens (including phenoxy) is 1. The lowest BCUT2D eigenvalue weighted by molar-refractivity contribution is -0.110. The molecule has 1 aliphatic rings. The van der Waals surface area contributed by atoms with Crippen molar-refractivity contribution < 1.29 is 14.6 Å². The van der Waals surface area contributed by atoms with Crippen LogP contribution in [0.4, 0.5) is 0 Å². The van der Waals surface area contributed by atoms with E-state index in [0.717, 1.165) is 25.7 Å². The first-order valence-corrected chi connectivity index (χ1v) is 6.31. The van der Waals surface area contributed by atoms with Gasteiger partial charge in [-0.25, -0.2) is 0 Å². The Bertz CT molecular complexity index is 347. The van der Waals surface area contributed by atoms with Crippen molar-refractivity contribution in [2.45, 2.75) is 26.2 Å². The van der Waals surface area contributed by atoms with Gasteiger partial charge in [-0.2, -0.15) is 0 Å². The summed E-state index contributed by atoms with van der Waals surface area (Å²) in [6, 6.07) is 8.18. The number of hydrogen-bond donors (Lipinski definition) is 1. The molecule has 18 heavy (non-hydrogen) atoms. The van der Waals surface area contributed by atoms with Crippen LogP contribution in [0.3, 0.4) is 0 Å². The molecule has 0 aliphatic heterocycles. The number of fused-ring (bicyclic) bond motifs is 1. The molecular formula is C15H22O3. The summed E-state index contributed by atoms with van der Waals surface area (Å²) in [5.41, 5.74) is 2.35. The van der Waals surface area contributed by atoms with Gasteiger partial charge in [-0.3, -0.25) is 0 Å². The molecule has 0 radical (unpaired) electrons. The van der Waals surface area contributed by atoms with Crippen LogP contribution in [0.1, 0.15) is 24.5 Å². The normalized spacial score (nSPS) is 15.5. The van der Waals surface area contributed by atoms with Crippen molar-refractivity contribution in [2.75, 3.05) is 20.3 Å². The minimum absolute atomic E-state index is 0.0976. The maximum absolute atomic E-state index is 10.6. The minimum Gasteiger partial charge on any atom is -0.396 e. The summed E-state index contributed by atoms with van der Waals surface area (Å²) in [7, 11) is 1.68. The molecule has 1 aliphatic carbocycles. The lowest BCUT2D eigenvalue weighted by Gasteiger charge is -2.23. The topological polar surface area (TPSA) is 46.5 Å². The zero-order valence-corrected chi connectivity index (χ0v) is 11.2. The molecule has 0 saturated heterocycles. The molecule has 0 saturated carbocycles. The highest BCUT2D eigenvalue weighted by Gasteiger charge is 2.35. The monoisotopic (exact) mass is 250 g/mol. The average Bonchev–Trinajstić information content (AvgIpc) is 2.78. The second kappa shape index (κ2) is 7.29. The molecule has 1 aromatic carbocycles. The number of aliphatic hydroxyl groups is 1. The van der Waals surface area contributed by atoms with Crippen LogP contribution < -0.4 is 0 Å². The van der Waals surface area contributed by atoms with Gasteiger partial charge in [0.15, 0.2) is 0 Å². The Morgan fingerprint density at radius 2 is 1.83 bits per heavy atom.